The minimum Gasteiger partial charge on any atom is -0.548 e. The number of β-lactam (4-membered cyclic amide) rings is 1. The van der Waals surface area contributed by atoms with Crippen molar-refractivity contribution in [2.24, 2.45) is 0 Å². The maximum absolute atomic E-state index is 11.1. The Hall–Kier alpha value is 0.290. The molecule has 6 heteroatoms. The van der Waals surface area contributed by atoms with Gasteiger partial charge in [0.25, 0.3) is 0 Å². The molecule has 14 heavy (non-hydrogen) atoms. The Morgan fingerprint density at radius 1 is 1.64 bits per heavy atom. The molecule has 0 radical (unpaired) electrons. The SMILES string of the molecule is CC1(C)S[C@H]2CC(=O)N2[C@H]1C(=O)[O-].[Na+]. The van der Waals surface area contributed by atoms with Crippen LogP contribution in [0.1, 0.15) is 20.3 Å². The molecule has 0 aliphatic carbocycles. The van der Waals surface area contributed by atoms with Gasteiger partial charge in [-0.2, -0.15) is 0 Å². The third-order valence-corrected chi connectivity index (χ3v) is 4.04. The maximum Gasteiger partial charge on any atom is 1.00 e. The molecule has 2 fully saturated rings. The van der Waals surface area contributed by atoms with E-state index in [-0.39, 0.29) is 40.8 Å². The fourth-order valence-electron chi connectivity index (χ4n) is 1.96. The molecule has 0 bridgehead atoms. The van der Waals surface area contributed by atoms with Gasteiger partial charge >= 0.3 is 29.6 Å². The van der Waals surface area contributed by atoms with Gasteiger partial charge in [-0.3, -0.25) is 4.79 Å². The molecule has 2 aliphatic rings. The molecule has 0 aromatic carbocycles. The van der Waals surface area contributed by atoms with Crippen LogP contribution in [0.25, 0.3) is 0 Å². The van der Waals surface area contributed by atoms with E-state index in [0.717, 1.165) is 0 Å². The number of carbonyl (C=O) groups is 2. The summed E-state index contributed by atoms with van der Waals surface area (Å²) in [7, 11) is 0. The van der Waals surface area contributed by atoms with Crippen molar-refractivity contribution in [1.29, 1.82) is 0 Å². The average molecular weight is 223 g/mol. The van der Waals surface area contributed by atoms with Gasteiger partial charge < -0.3 is 14.8 Å². The van der Waals surface area contributed by atoms with Crippen LogP contribution in [-0.4, -0.2) is 32.9 Å². The van der Waals surface area contributed by atoms with Crippen molar-refractivity contribution in [2.75, 3.05) is 0 Å². The van der Waals surface area contributed by atoms with Crippen molar-refractivity contribution >= 4 is 23.6 Å². The number of carbonyl (C=O) groups excluding carboxylic acids is 2. The van der Waals surface area contributed by atoms with E-state index >= 15 is 0 Å². The number of amides is 1. The second-order valence-electron chi connectivity index (χ2n) is 3.90. The number of hydrogen-bond donors (Lipinski definition) is 0. The Bertz CT molecular complexity index is 294. The van der Waals surface area contributed by atoms with E-state index < -0.39 is 16.8 Å². The first-order valence-electron chi connectivity index (χ1n) is 4.13. The molecule has 4 nitrogen and oxygen atoms in total. The predicted octanol–water partition coefficient (Wildman–Crippen LogP) is -3.81. The molecule has 2 aliphatic heterocycles. The van der Waals surface area contributed by atoms with Crippen LogP contribution in [0.3, 0.4) is 0 Å². The van der Waals surface area contributed by atoms with Crippen LogP contribution in [0.5, 0.6) is 0 Å². The predicted molar refractivity (Wildman–Crippen MR) is 45.7 cm³/mol. The number of hydrogen-bond acceptors (Lipinski definition) is 4. The third kappa shape index (κ3) is 1.60. The van der Waals surface area contributed by atoms with Gasteiger partial charge in [0, 0.05) is 4.75 Å². The van der Waals surface area contributed by atoms with Gasteiger partial charge in [0.1, 0.15) is 0 Å². The third-order valence-electron chi connectivity index (χ3n) is 2.55. The molecule has 1 amide bonds. The van der Waals surface area contributed by atoms with E-state index in [1.54, 1.807) is 11.8 Å². The number of nitrogens with zero attached hydrogens (tertiary/aromatic N) is 1. The van der Waals surface area contributed by atoms with E-state index in [1.165, 1.54) is 4.90 Å². The minimum atomic E-state index is -1.15. The van der Waals surface area contributed by atoms with Crippen molar-refractivity contribution in [3.8, 4) is 0 Å². The number of fused-ring (bicyclic) bond motifs is 1. The Morgan fingerprint density at radius 2 is 2.21 bits per heavy atom. The number of thioether (sulfide) groups is 1. The quantitative estimate of drug-likeness (QED) is 0.338. The van der Waals surface area contributed by atoms with Crippen LogP contribution in [-0.2, 0) is 9.59 Å². The van der Waals surface area contributed by atoms with E-state index in [1.807, 2.05) is 13.8 Å². The van der Waals surface area contributed by atoms with Gasteiger partial charge in [0.15, 0.2) is 0 Å². The second kappa shape index (κ2) is 3.70. The maximum atomic E-state index is 11.1. The topological polar surface area (TPSA) is 60.4 Å². The smallest absolute Gasteiger partial charge is 0.548 e. The zero-order chi connectivity index (χ0) is 9.80. The summed E-state index contributed by atoms with van der Waals surface area (Å²) in [5.41, 5.74) is 0. The zero-order valence-electron chi connectivity index (χ0n) is 8.44. The van der Waals surface area contributed by atoms with Gasteiger partial charge in [0.05, 0.1) is 23.8 Å². The summed E-state index contributed by atoms with van der Waals surface area (Å²) < 4.78 is -0.421. The van der Waals surface area contributed by atoms with Gasteiger partial charge in [-0.1, -0.05) is 0 Å². The first kappa shape index (κ1) is 12.4. The molecule has 0 N–H and O–H groups in total. The zero-order valence-corrected chi connectivity index (χ0v) is 11.3. The number of carboxylic acid groups (broad SMARTS) is 1. The van der Waals surface area contributed by atoms with Crippen LogP contribution < -0.4 is 34.7 Å². The van der Waals surface area contributed by atoms with Crippen LogP contribution in [0, 0.1) is 0 Å². The number of aliphatic carboxylic acids is 1. The summed E-state index contributed by atoms with van der Waals surface area (Å²) in [4.78, 5) is 23.4. The molecule has 0 aromatic heterocycles. The van der Waals surface area contributed by atoms with E-state index in [4.69, 9.17) is 0 Å². The van der Waals surface area contributed by atoms with E-state index in [9.17, 15) is 14.7 Å². The van der Waals surface area contributed by atoms with Gasteiger partial charge in [0.2, 0.25) is 5.91 Å². The Morgan fingerprint density at radius 3 is 2.57 bits per heavy atom. The Labute approximate surface area is 109 Å². The van der Waals surface area contributed by atoms with Crippen molar-refractivity contribution < 1.29 is 44.3 Å². The molecule has 2 saturated heterocycles. The standard InChI is InChI=1S/C8H11NO3S.Na/c1-8(2)6(7(11)12)9-4(10)3-5(9)13-8;/h5-6H,3H2,1-2H3,(H,11,12);/q;+1/p-1/t5-,6-;/m0./s1. The normalized spacial score (nSPS) is 33.0. The summed E-state index contributed by atoms with van der Waals surface area (Å²) in [5.74, 6) is -1.22. The first-order valence-corrected chi connectivity index (χ1v) is 5.01. The fourth-order valence-corrected chi connectivity index (χ4v) is 3.58. The van der Waals surface area contributed by atoms with Crippen molar-refractivity contribution in [3.63, 3.8) is 0 Å². The summed E-state index contributed by atoms with van der Waals surface area (Å²) in [5, 5.41) is 10.9. The summed E-state index contributed by atoms with van der Waals surface area (Å²) in [6, 6.07) is -0.760. The molecular formula is C8H10NNaO3S. The van der Waals surface area contributed by atoms with Crippen molar-refractivity contribution in [3.05, 3.63) is 0 Å². The van der Waals surface area contributed by atoms with Crippen LogP contribution in [0.4, 0.5) is 0 Å². The monoisotopic (exact) mass is 223 g/mol. The van der Waals surface area contributed by atoms with Gasteiger partial charge in [-0.05, 0) is 13.8 Å². The summed E-state index contributed by atoms with van der Waals surface area (Å²) in [6.45, 7) is 3.67. The molecule has 2 atom stereocenters. The van der Waals surface area contributed by atoms with E-state index in [2.05, 4.69) is 0 Å². The largest absolute Gasteiger partial charge is 1.00 e. The molecule has 2 rings (SSSR count). The molecule has 0 aromatic rings. The van der Waals surface area contributed by atoms with Crippen LogP contribution >= 0.6 is 11.8 Å². The van der Waals surface area contributed by atoms with Gasteiger partial charge in [-0.15, -0.1) is 11.8 Å². The van der Waals surface area contributed by atoms with Crippen LogP contribution in [0.15, 0.2) is 0 Å². The molecule has 72 valence electrons. The Balaban J connectivity index is 0.000000980. The van der Waals surface area contributed by atoms with Crippen molar-refractivity contribution in [1.82, 2.24) is 4.90 Å². The Kier molecular flexibility index (Phi) is 3.27. The molecular weight excluding hydrogens is 213 g/mol. The molecule has 0 unspecified atom stereocenters. The fraction of sp³-hybridized carbons (Fsp3) is 0.750. The molecule has 0 saturated carbocycles. The minimum absolute atomic E-state index is 0. The number of rotatable bonds is 1. The molecule has 0 spiro atoms. The van der Waals surface area contributed by atoms with Crippen molar-refractivity contribution in [2.45, 2.75) is 36.4 Å². The average Bonchev–Trinajstić information content (AvgIpc) is 2.18. The number of carboxylic acids is 1. The summed E-state index contributed by atoms with van der Waals surface area (Å²) in [6.07, 6.45) is 0.470. The van der Waals surface area contributed by atoms with Gasteiger partial charge in [-0.25, -0.2) is 0 Å². The summed E-state index contributed by atoms with van der Waals surface area (Å²) >= 11 is 1.54. The second-order valence-corrected chi connectivity index (χ2v) is 5.73. The first-order chi connectivity index (χ1) is 5.93. The van der Waals surface area contributed by atoms with E-state index in [0.29, 0.717) is 6.42 Å². The molecule has 2 heterocycles. The van der Waals surface area contributed by atoms with Crippen LogP contribution in [0.2, 0.25) is 0 Å².